The monoisotopic (exact) mass is 896 g/mol. The van der Waals surface area contributed by atoms with E-state index in [-0.39, 0.29) is 12.5 Å². The average Bonchev–Trinajstić information content (AvgIpc) is 3.28. The Balaban J connectivity index is 2.19. The zero-order valence-corrected chi connectivity index (χ0v) is 41.4. The lowest BCUT2D eigenvalue weighted by Gasteiger charge is -2.40. The molecule has 0 saturated carbocycles. The quantitative estimate of drug-likeness (QED) is 0.0261. The van der Waals surface area contributed by atoms with Gasteiger partial charge >= 0.3 is 0 Å². The molecule has 0 aliphatic carbocycles. The van der Waals surface area contributed by atoms with E-state index in [1.54, 1.807) is 6.08 Å². The number of unbranched alkanes of at least 4 members (excludes halogenated alkanes) is 37. The van der Waals surface area contributed by atoms with Crippen LogP contribution < -0.4 is 5.32 Å². The first-order valence-corrected chi connectivity index (χ1v) is 27.4. The molecule has 7 unspecified atom stereocenters. The van der Waals surface area contributed by atoms with Crippen LogP contribution in [0.3, 0.4) is 0 Å². The van der Waals surface area contributed by atoms with Gasteiger partial charge in [0.1, 0.15) is 24.4 Å². The highest BCUT2D eigenvalue weighted by molar-refractivity contribution is 5.76. The highest BCUT2D eigenvalue weighted by Crippen LogP contribution is 2.23. The molecule has 374 valence electrons. The lowest BCUT2D eigenvalue weighted by molar-refractivity contribution is -0.302. The summed E-state index contributed by atoms with van der Waals surface area (Å²) in [5, 5.41) is 54.4. The molecule has 63 heavy (non-hydrogen) atoms. The Hall–Kier alpha value is -1.07. The Morgan fingerprint density at radius 3 is 1.24 bits per heavy atom. The molecule has 0 bridgehead atoms. The Kier molecular flexibility index (Phi) is 42.6. The number of ether oxygens (including phenoxy) is 2. The van der Waals surface area contributed by atoms with Gasteiger partial charge < -0.3 is 40.3 Å². The van der Waals surface area contributed by atoms with E-state index >= 15 is 0 Å². The van der Waals surface area contributed by atoms with Gasteiger partial charge in [0.25, 0.3) is 0 Å². The first kappa shape index (κ1) is 59.9. The lowest BCUT2D eigenvalue weighted by atomic mass is 9.99. The van der Waals surface area contributed by atoms with Crippen LogP contribution in [0.5, 0.6) is 0 Å². The number of rotatable bonds is 47. The fourth-order valence-electron chi connectivity index (χ4n) is 8.98. The minimum absolute atomic E-state index is 0.171. The highest BCUT2D eigenvalue weighted by Gasteiger charge is 2.44. The van der Waals surface area contributed by atoms with Gasteiger partial charge in [-0.15, -0.1) is 0 Å². The molecule has 0 aromatic heterocycles. The summed E-state index contributed by atoms with van der Waals surface area (Å²) >= 11 is 0. The second-order valence-corrected chi connectivity index (χ2v) is 19.4. The van der Waals surface area contributed by atoms with Gasteiger partial charge in [-0.25, -0.2) is 0 Å². The maximum absolute atomic E-state index is 13.0. The number of hydrogen-bond acceptors (Lipinski definition) is 8. The van der Waals surface area contributed by atoms with Gasteiger partial charge in [-0.3, -0.25) is 4.79 Å². The van der Waals surface area contributed by atoms with E-state index in [0.29, 0.717) is 6.42 Å². The van der Waals surface area contributed by atoms with Gasteiger partial charge in [-0.05, 0) is 19.3 Å². The molecule has 9 heteroatoms. The van der Waals surface area contributed by atoms with Gasteiger partial charge in [-0.1, -0.05) is 257 Å². The number of carbonyl (C=O) groups is 1. The molecule has 0 aromatic rings. The first-order valence-electron chi connectivity index (χ1n) is 27.4. The van der Waals surface area contributed by atoms with Crippen molar-refractivity contribution in [2.45, 2.75) is 314 Å². The van der Waals surface area contributed by atoms with E-state index < -0.39 is 49.5 Å². The van der Waals surface area contributed by atoms with Crippen LogP contribution in [-0.4, -0.2) is 87.5 Å². The first-order chi connectivity index (χ1) is 30.8. The smallest absolute Gasteiger partial charge is 0.220 e. The molecule has 1 aliphatic heterocycles. The predicted octanol–water partition coefficient (Wildman–Crippen LogP) is 12.8. The molecule has 6 N–H and O–H groups in total. The largest absolute Gasteiger partial charge is 0.394 e. The molecule has 0 radical (unpaired) electrons. The molecule has 1 rings (SSSR count). The van der Waals surface area contributed by atoms with Crippen LogP contribution in [0.4, 0.5) is 0 Å². The van der Waals surface area contributed by atoms with Crippen molar-refractivity contribution in [2.75, 3.05) is 13.2 Å². The van der Waals surface area contributed by atoms with Crippen LogP contribution in [0.1, 0.15) is 271 Å². The highest BCUT2D eigenvalue weighted by atomic mass is 16.7. The van der Waals surface area contributed by atoms with Crippen molar-refractivity contribution in [1.82, 2.24) is 5.32 Å². The maximum atomic E-state index is 13.0. The molecular formula is C54H105NO8. The summed E-state index contributed by atoms with van der Waals surface area (Å²) in [5.74, 6) is -0.171. The van der Waals surface area contributed by atoms with Gasteiger partial charge in [0.05, 0.1) is 25.4 Å². The molecule has 0 aromatic carbocycles. The van der Waals surface area contributed by atoms with Crippen LogP contribution in [0, 0.1) is 0 Å². The molecule has 7 atom stereocenters. The van der Waals surface area contributed by atoms with Gasteiger partial charge in [0.15, 0.2) is 6.29 Å². The van der Waals surface area contributed by atoms with Crippen molar-refractivity contribution in [3.63, 3.8) is 0 Å². The summed E-state index contributed by atoms with van der Waals surface area (Å²) < 4.78 is 11.2. The van der Waals surface area contributed by atoms with Gasteiger partial charge in [0, 0.05) is 6.42 Å². The molecule has 0 spiro atoms. The number of amides is 1. The molecule has 1 saturated heterocycles. The van der Waals surface area contributed by atoms with E-state index in [0.717, 1.165) is 38.5 Å². The summed E-state index contributed by atoms with van der Waals surface area (Å²) in [4.78, 5) is 13.0. The third-order valence-corrected chi connectivity index (χ3v) is 13.4. The maximum Gasteiger partial charge on any atom is 0.220 e. The van der Waals surface area contributed by atoms with Gasteiger partial charge in [-0.2, -0.15) is 0 Å². The minimum atomic E-state index is -1.56. The average molecular weight is 896 g/mol. The summed E-state index contributed by atoms with van der Waals surface area (Å²) in [6, 6.07) is -0.799. The molecule has 9 nitrogen and oxygen atoms in total. The second-order valence-electron chi connectivity index (χ2n) is 19.4. The van der Waals surface area contributed by atoms with Crippen molar-refractivity contribution >= 4 is 5.91 Å². The normalized spacial score (nSPS) is 20.1. The summed E-state index contributed by atoms with van der Waals surface area (Å²) in [6.07, 6.45) is 47.0. The number of nitrogens with one attached hydrogen (secondary N) is 1. The third kappa shape index (κ3) is 34.8. The Labute approximate surface area is 388 Å². The van der Waals surface area contributed by atoms with E-state index in [1.807, 2.05) is 6.08 Å². The van der Waals surface area contributed by atoms with E-state index in [4.69, 9.17) is 9.47 Å². The van der Waals surface area contributed by atoms with Crippen LogP contribution in [-0.2, 0) is 14.3 Å². The van der Waals surface area contributed by atoms with Crippen molar-refractivity contribution in [2.24, 2.45) is 0 Å². The van der Waals surface area contributed by atoms with E-state index in [1.165, 1.54) is 212 Å². The van der Waals surface area contributed by atoms with Crippen molar-refractivity contribution in [1.29, 1.82) is 0 Å². The van der Waals surface area contributed by atoms with Crippen LogP contribution in [0.15, 0.2) is 12.2 Å². The number of carbonyl (C=O) groups excluding carboxylic acids is 1. The summed E-state index contributed by atoms with van der Waals surface area (Å²) in [5.41, 5.74) is 0. The van der Waals surface area contributed by atoms with Crippen molar-refractivity contribution in [3.8, 4) is 0 Å². The fourth-order valence-corrected chi connectivity index (χ4v) is 8.98. The lowest BCUT2D eigenvalue weighted by Crippen LogP contribution is -2.60. The fraction of sp³-hybridized carbons (Fsp3) is 0.944. The SMILES string of the molecule is CCCCCCCCCCCCCC/C=C/C(O)C(COC1OC(CO)C(O)C(O)C1O)NC(=O)CCCCCCCCCCCCCCCCCCCCCCCCCCCC. The zero-order chi connectivity index (χ0) is 45.9. The Morgan fingerprint density at radius 2 is 0.873 bits per heavy atom. The zero-order valence-electron chi connectivity index (χ0n) is 41.4. The number of allylic oxidation sites excluding steroid dienone is 1. The molecule has 1 fully saturated rings. The van der Waals surface area contributed by atoms with E-state index in [9.17, 15) is 30.3 Å². The topological polar surface area (TPSA) is 149 Å². The molecular weight excluding hydrogens is 791 g/mol. The minimum Gasteiger partial charge on any atom is -0.394 e. The Bertz CT molecular complexity index is 997. The third-order valence-electron chi connectivity index (χ3n) is 13.4. The van der Waals surface area contributed by atoms with Crippen LogP contribution >= 0.6 is 0 Å². The molecule has 1 aliphatic rings. The standard InChI is InChI=1S/C54H105NO8/c1-3-5-7-9-11-13-15-17-19-20-21-22-23-24-25-26-27-28-29-30-32-34-36-38-40-42-44-50(58)55-47(46-62-54-53(61)52(60)51(59)49(45-56)63-54)48(57)43-41-39-37-35-33-31-18-16-14-12-10-8-6-4-2/h41,43,47-49,51-54,56-57,59-61H,3-40,42,44-46H2,1-2H3,(H,55,58)/b43-41+. The van der Waals surface area contributed by atoms with Crippen LogP contribution in [0.2, 0.25) is 0 Å². The van der Waals surface area contributed by atoms with Crippen molar-refractivity contribution in [3.05, 3.63) is 12.2 Å². The van der Waals surface area contributed by atoms with Crippen molar-refractivity contribution < 1.29 is 39.8 Å². The summed E-state index contributed by atoms with van der Waals surface area (Å²) in [7, 11) is 0. The predicted molar refractivity (Wildman–Crippen MR) is 263 cm³/mol. The van der Waals surface area contributed by atoms with E-state index in [2.05, 4.69) is 19.2 Å². The van der Waals surface area contributed by atoms with Crippen LogP contribution in [0.25, 0.3) is 0 Å². The number of aliphatic hydroxyl groups is 5. The number of hydrogen-bond donors (Lipinski definition) is 6. The second kappa shape index (κ2) is 44.7. The summed E-state index contributed by atoms with van der Waals surface area (Å²) in [6.45, 7) is 3.80. The Morgan fingerprint density at radius 1 is 0.524 bits per heavy atom. The molecule has 1 heterocycles. The van der Waals surface area contributed by atoms with Gasteiger partial charge in [0.2, 0.25) is 5.91 Å². The number of aliphatic hydroxyl groups excluding tert-OH is 5. The molecule has 1 amide bonds.